The summed E-state index contributed by atoms with van der Waals surface area (Å²) in [6.45, 7) is 2.73. The van der Waals surface area contributed by atoms with E-state index in [0.717, 1.165) is 25.7 Å². The van der Waals surface area contributed by atoms with Crippen molar-refractivity contribution in [1.82, 2.24) is 4.72 Å². The first-order valence-corrected chi connectivity index (χ1v) is 8.47. The maximum Gasteiger partial charge on any atom is 0.241 e. The second-order valence-electron chi connectivity index (χ2n) is 5.36. The van der Waals surface area contributed by atoms with Gasteiger partial charge in [0.15, 0.2) is 11.5 Å². The second-order valence-corrected chi connectivity index (χ2v) is 7.05. The Labute approximate surface area is 119 Å². The summed E-state index contributed by atoms with van der Waals surface area (Å²) in [5, 5.41) is 0. The molecule has 3 rings (SSSR count). The Bertz CT molecular complexity index is 606. The van der Waals surface area contributed by atoms with E-state index in [1.807, 2.05) is 0 Å². The lowest BCUT2D eigenvalue weighted by molar-refractivity contribution is 0.171. The highest BCUT2D eigenvalue weighted by molar-refractivity contribution is 7.89. The van der Waals surface area contributed by atoms with Crippen LogP contribution < -0.4 is 14.2 Å². The van der Waals surface area contributed by atoms with Crippen LogP contribution in [0.25, 0.3) is 0 Å². The predicted molar refractivity (Wildman–Crippen MR) is 74.7 cm³/mol. The third-order valence-corrected chi connectivity index (χ3v) is 5.47. The summed E-state index contributed by atoms with van der Waals surface area (Å²) in [6, 6.07) is 3.37. The first kappa shape index (κ1) is 13.7. The van der Waals surface area contributed by atoms with Crippen molar-refractivity contribution >= 4 is 10.0 Å². The average Bonchev–Trinajstić information content (AvgIpc) is 2.90. The fourth-order valence-electron chi connectivity index (χ4n) is 2.79. The molecule has 0 amide bonds. The number of hydrogen-bond acceptors (Lipinski definition) is 4. The van der Waals surface area contributed by atoms with E-state index < -0.39 is 10.0 Å². The SMILES string of the molecule is Cc1cc2c(cc1S(=O)(=O)NC1CCCC1)OCCO2. The van der Waals surface area contributed by atoms with Crippen molar-refractivity contribution < 1.29 is 17.9 Å². The van der Waals surface area contributed by atoms with Crippen LogP contribution in [0.2, 0.25) is 0 Å². The molecule has 1 aromatic carbocycles. The molecule has 0 unspecified atom stereocenters. The van der Waals surface area contributed by atoms with Crippen molar-refractivity contribution in [2.24, 2.45) is 0 Å². The van der Waals surface area contributed by atoms with E-state index in [1.54, 1.807) is 19.1 Å². The van der Waals surface area contributed by atoms with Gasteiger partial charge >= 0.3 is 0 Å². The largest absolute Gasteiger partial charge is 0.486 e. The standard InChI is InChI=1S/C14H19NO4S/c1-10-8-12-13(19-7-6-18-12)9-14(10)20(16,17)15-11-4-2-3-5-11/h8-9,11,15H,2-7H2,1H3. The minimum Gasteiger partial charge on any atom is -0.486 e. The van der Waals surface area contributed by atoms with Crippen molar-refractivity contribution in [1.29, 1.82) is 0 Å². The molecule has 1 aromatic rings. The van der Waals surface area contributed by atoms with Gasteiger partial charge in [0, 0.05) is 12.1 Å². The van der Waals surface area contributed by atoms with Crippen LogP contribution in [0, 0.1) is 6.92 Å². The Balaban J connectivity index is 1.92. The summed E-state index contributed by atoms with van der Waals surface area (Å²) < 4.78 is 38.7. The van der Waals surface area contributed by atoms with Crippen LogP contribution in [0.3, 0.4) is 0 Å². The molecule has 6 heteroatoms. The normalized spacial score (nSPS) is 19.2. The van der Waals surface area contributed by atoms with E-state index in [1.165, 1.54) is 0 Å². The molecule has 1 heterocycles. The smallest absolute Gasteiger partial charge is 0.241 e. The number of aryl methyl sites for hydroxylation is 1. The molecule has 2 aliphatic rings. The van der Waals surface area contributed by atoms with E-state index in [0.29, 0.717) is 30.3 Å². The second kappa shape index (κ2) is 5.26. The Morgan fingerprint density at radius 2 is 1.70 bits per heavy atom. The lowest BCUT2D eigenvalue weighted by Crippen LogP contribution is -2.33. The van der Waals surface area contributed by atoms with Crippen molar-refractivity contribution in [2.75, 3.05) is 13.2 Å². The zero-order valence-electron chi connectivity index (χ0n) is 11.5. The van der Waals surface area contributed by atoms with Crippen LogP contribution in [0.5, 0.6) is 11.5 Å². The van der Waals surface area contributed by atoms with Gasteiger partial charge in [-0.1, -0.05) is 12.8 Å². The fourth-order valence-corrected chi connectivity index (χ4v) is 4.33. The lowest BCUT2D eigenvalue weighted by atomic mass is 10.2. The predicted octanol–water partition coefficient (Wildman–Crippen LogP) is 1.99. The van der Waals surface area contributed by atoms with Crippen molar-refractivity contribution in [2.45, 2.75) is 43.5 Å². The van der Waals surface area contributed by atoms with Gasteiger partial charge in [-0.05, 0) is 31.4 Å². The summed E-state index contributed by atoms with van der Waals surface area (Å²) in [5.41, 5.74) is 0.680. The number of rotatable bonds is 3. The van der Waals surface area contributed by atoms with Gasteiger partial charge in [-0.15, -0.1) is 0 Å². The topological polar surface area (TPSA) is 64.6 Å². The van der Waals surface area contributed by atoms with Gasteiger partial charge in [-0.2, -0.15) is 0 Å². The molecule has 1 fully saturated rings. The molecule has 0 spiro atoms. The van der Waals surface area contributed by atoms with Gasteiger partial charge in [0.25, 0.3) is 0 Å². The van der Waals surface area contributed by atoms with Gasteiger partial charge in [0.05, 0.1) is 4.90 Å². The third-order valence-electron chi connectivity index (χ3n) is 3.81. The van der Waals surface area contributed by atoms with Gasteiger partial charge in [0.2, 0.25) is 10.0 Å². The molecule has 20 heavy (non-hydrogen) atoms. The monoisotopic (exact) mass is 297 g/mol. The summed E-state index contributed by atoms with van der Waals surface area (Å²) in [4.78, 5) is 0.286. The van der Waals surface area contributed by atoms with Crippen molar-refractivity contribution in [3.05, 3.63) is 17.7 Å². The van der Waals surface area contributed by atoms with E-state index in [4.69, 9.17) is 9.47 Å². The molecule has 1 aliphatic carbocycles. The van der Waals surface area contributed by atoms with Gasteiger partial charge < -0.3 is 9.47 Å². The minimum atomic E-state index is -3.49. The van der Waals surface area contributed by atoms with Gasteiger partial charge in [-0.25, -0.2) is 13.1 Å². The Kier molecular flexibility index (Phi) is 3.60. The molecule has 1 aliphatic heterocycles. The van der Waals surface area contributed by atoms with Gasteiger partial charge in [0.1, 0.15) is 13.2 Å². The first-order valence-electron chi connectivity index (χ1n) is 6.99. The van der Waals surface area contributed by atoms with E-state index >= 15 is 0 Å². The molecule has 5 nitrogen and oxygen atoms in total. The van der Waals surface area contributed by atoms with Gasteiger partial charge in [-0.3, -0.25) is 0 Å². The Hall–Kier alpha value is -1.27. The summed E-state index contributed by atoms with van der Waals surface area (Å²) in [6.07, 6.45) is 4.02. The number of hydrogen-bond donors (Lipinski definition) is 1. The number of sulfonamides is 1. The number of fused-ring (bicyclic) bond motifs is 1. The zero-order valence-corrected chi connectivity index (χ0v) is 12.3. The first-order chi connectivity index (χ1) is 9.56. The Morgan fingerprint density at radius 1 is 1.10 bits per heavy atom. The molecule has 0 aromatic heterocycles. The van der Waals surface area contributed by atoms with Crippen LogP contribution in [-0.2, 0) is 10.0 Å². The number of nitrogens with one attached hydrogen (secondary N) is 1. The van der Waals surface area contributed by atoms with Crippen LogP contribution in [0.4, 0.5) is 0 Å². The quantitative estimate of drug-likeness (QED) is 0.926. The van der Waals surface area contributed by atoms with Crippen LogP contribution >= 0.6 is 0 Å². The average molecular weight is 297 g/mol. The lowest BCUT2D eigenvalue weighted by Gasteiger charge is -2.21. The minimum absolute atomic E-state index is 0.0626. The fraction of sp³-hybridized carbons (Fsp3) is 0.571. The summed E-state index contributed by atoms with van der Waals surface area (Å²) >= 11 is 0. The molecule has 110 valence electrons. The van der Waals surface area contributed by atoms with E-state index in [9.17, 15) is 8.42 Å². The molecule has 1 N–H and O–H groups in total. The zero-order chi connectivity index (χ0) is 14.2. The van der Waals surface area contributed by atoms with Crippen molar-refractivity contribution in [3.8, 4) is 11.5 Å². The molecule has 0 atom stereocenters. The Morgan fingerprint density at radius 3 is 2.35 bits per heavy atom. The highest BCUT2D eigenvalue weighted by Crippen LogP contribution is 2.35. The molecular weight excluding hydrogens is 278 g/mol. The molecule has 1 saturated carbocycles. The van der Waals surface area contributed by atoms with Crippen LogP contribution in [-0.4, -0.2) is 27.7 Å². The number of benzene rings is 1. The van der Waals surface area contributed by atoms with Crippen molar-refractivity contribution in [3.63, 3.8) is 0 Å². The highest BCUT2D eigenvalue weighted by atomic mass is 32.2. The maximum absolute atomic E-state index is 12.5. The summed E-state index contributed by atoms with van der Waals surface area (Å²) in [7, 11) is -3.49. The highest BCUT2D eigenvalue weighted by Gasteiger charge is 2.26. The van der Waals surface area contributed by atoms with Crippen LogP contribution in [0.15, 0.2) is 17.0 Å². The molecule has 0 radical (unpaired) electrons. The number of ether oxygens (including phenoxy) is 2. The van der Waals surface area contributed by atoms with E-state index in [2.05, 4.69) is 4.72 Å². The van der Waals surface area contributed by atoms with E-state index in [-0.39, 0.29) is 10.9 Å². The van der Waals surface area contributed by atoms with Crippen LogP contribution in [0.1, 0.15) is 31.2 Å². The maximum atomic E-state index is 12.5. The third kappa shape index (κ3) is 2.62. The molecule has 0 bridgehead atoms. The molecule has 0 saturated heterocycles. The summed E-state index contributed by atoms with van der Waals surface area (Å²) in [5.74, 6) is 1.13. The molecular formula is C14H19NO4S.